The van der Waals surface area contributed by atoms with Crippen LogP contribution in [0.4, 0.5) is 0 Å². The normalized spacial score (nSPS) is 11.3. The molecule has 2 aromatic rings. The quantitative estimate of drug-likeness (QED) is 0.554. The summed E-state index contributed by atoms with van der Waals surface area (Å²) in [6, 6.07) is 2.07. The van der Waals surface area contributed by atoms with Gasteiger partial charge in [0.05, 0.1) is 0 Å². The van der Waals surface area contributed by atoms with E-state index in [9.17, 15) is 0 Å². The molecule has 0 amide bonds. The minimum absolute atomic E-state index is 0.578. The highest BCUT2D eigenvalue weighted by atomic mass is 35.5. The van der Waals surface area contributed by atoms with E-state index in [0.29, 0.717) is 5.88 Å². The zero-order valence-corrected chi connectivity index (χ0v) is 13.0. The van der Waals surface area contributed by atoms with Crippen LogP contribution in [0.15, 0.2) is 12.3 Å². The third kappa shape index (κ3) is 3.70. The minimum atomic E-state index is 0.578. The molecule has 0 aliphatic rings. The first-order valence-electron chi connectivity index (χ1n) is 7.21. The van der Waals surface area contributed by atoms with E-state index in [-0.39, 0.29) is 0 Å². The van der Waals surface area contributed by atoms with Crippen molar-refractivity contribution in [3.8, 4) is 0 Å². The van der Waals surface area contributed by atoms with Gasteiger partial charge in [0.15, 0.2) is 5.65 Å². The second-order valence-corrected chi connectivity index (χ2v) is 5.32. The van der Waals surface area contributed by atoms with Gasteiger partial charge in [-0.2, -0.15) is 0 Å². The molecule has 2 rings (SSSR count). The lowest BCUT2D eigenvalue weighted by Crippen LogP contribution is -2.08. The number of halogens is 1. The molecule has 0 aromatic carbocycles. The van der Waals surface area contributed by atoms with E-state index in [4.69, 9.17) is 16.3 Å². The molecule has 0 spiro atoms. The van der Waals surface area contributed by atoms with E-state index in [1.54, 1.807) is 0 Å². The van der Waals surface area contributed by atoms with Gasteiger partial charge in [0, 0.05) is 38.3 Å². The maximum absolute atomic E-state index is 5.87. The van der Waals surface area contributed by atoms with Crippen LogP contribution < -0.4 is 0 Å². The maximum atomic E-state index is 5.87. The number of ether oxygens (including phenoxy) is 1. The van der Waals surface area contributed by atoms with Crippen molar-refractivity contribution in [2.24, 2.45) is 0 Å². The van der Waals surface area contributed by atoms with Crippen LogP contribution in [0.1, 0.15) is 31.2 Å². The lowest BCUT2D eigenvalue weighted by molar-refractivity contribution is 0.129. The van der Waals surface area contributed by atoms with Crippen LogP contribution in [0.5, 0.6) is 0 Å². The number of rotatable bonds is 8. The fourth-order valence-corrected chi connectivity index (χ4v) is 2.41. The summed E-state index contributed by atoms with van der Waals surface area (Å²) in [6.45, 7) is 6.64. The topological polar surface area (TPSA) is 39.9 Å². The Bertz CT molecular complexity index is 553. The number of aromatic nitrogens is 3. The first-order chi connectivity index (χ1) is 9.76. The predicted octanol–water partition coefficient (Wildman–Crippen LogP) is 3.34. The molecule has 2 heterocycles. The Morgan fingerprint density at radius 1 is 1.35 bits per heavy atom. The number of hydrogen-bond acceptors (Lipinski definition) is 3. The molecule has 0 aliphatic carbocycles. The van der Waals surface area contributed by atoms with Crippen LogP contribution in [0.25, 0.3) is 11.2 Å². The molecule has 0 aliphatic heterocycles. The molecule has 0 saturated carbocycles. The predicted molar refractivity (Wildman–Crippen MR) is 82.4 cm³/mol. The monoisotopic (exact) mass is 295 g/mol. The van der Waals surface area contributed by atoms with E-state index < -0.39 is 0 Å². The van der Waals surface area contributed by atoms with Crippen LogP contribution in [0, 0.1) is 6.92 Å². The average molecular weight is 296 g/mol. The van der Waals surface area contributed by atoms with E-state index in [2.05, 4.69) is 27.5 Å². The van der Waals surface area contributed by atoms with Crippen LogP contribution >= 0.6 is 11.6 Å². The van der Waals surface area contributed by atoms with Crippen LogP contribution in [-0.2, 0) is 17.7 Å². The van der Waals surface area contributed by atoms with Crippen molar-refractivity contribution in [3.05, 3.63) is 23.7 Å². The first-order valence-corrected chi connectivity index (χ1v) is 7.75. The molecule has 0 radical (unpaired) electrons. The molecule has 110 valence electrons. The number of fused-ring (bicyclic) bond motifs is 1. The third-order valence-electron chi connectivity index (χ3n) is 3.14. The summed E-state index contributed by atoms with van der Waals surface area (Å²) in [7, 11) is 0. The van der Waals surface area contributed by atoms with Crippen molar-refractivity contribution in [2.75, 3.05) is 19.1 Å². The fraction of sp³-hybridized carbons (Fsp3) is 0.600. The fourth-order valence-electron chi connectivity index (χ4n) is 2.24. The number of imidazole rings is 1. The van der Waals surface area contributed by atoms with Crippen molar-refractivity contribution >= 4 is 22.8 Å². The van der Waals surface area contributed by atoms with E-state index >= 15 is 0 Å². The first kappa shape index (κ1) is 15.3. The molecular weight excluding hydrogens is 274 g/mol. The summed E-state index contributed by atoms with van der Waals surface area (Å²) in [4.78, 5) is 9.17. The Morgan fingerprint density at radius 2 is 2.20 bits per heavy atom. The second kappa shape index (κ2) is 7.60. The van der Waals surface area contributed by atoms with Gasteiger partial charge < -0.3 is 9.30 Å². The number of nitrogens with zero attached hydrogens (tertiary/aromatic N) is 3. The molecule has 2 aromatic heterocycles. The Balaban J connectivity index is 2.13. The molecule has 4 nitrogen and oxygen atoms in total. The van der Waals surface area contributed by atoms with Gasteiger partial charge >= 0.3 is 0 Å². The van der Waals surface area contributed by atoms with Gasteiger partial charge in [0.25, 0.3) is 0 Å². The Labute approximate surface area is 125 Å². The minimum Gasteiger partial charge on any atom is -0.381 e. The Hall–Kier alpha value is -1.13. The van der Waals surface area contributed by atoms with E-state index in [0.717, 1.165) is 61.6 Å². The number of pyridine rings is 1. The molecule has 0 saturated heterocycles. The summed E-state index contributed by atoms with van der Waals surface area (Å²) < 4.78 is 7.70. The number of aryl methyl sites for hydroxylation is 3. The highest BCUT2D eigenvalue weighted by Gasteiger charge is 2.11. The van der Waals surface area contributed by atoms with Crippen molar-refractivity contribution in [3.63, 3.8) is 0 Å². The SMILES string of the molecule is CCCOCCCn1c(CCCl)nc2cc(C)cnc21. The number of hydrogen-bond donors (Lipinski definition) is 0. The van der Waals surface area contributed by atoms with E-state index in [1.807, 2.05) is 13.1 Å². The van der Waals surface area contributed by atoms with Gasteiger partial charge in [-0.1, -0.05) is 6.92 Å². The van der Waals surface area contributed by atoms with Crippen LogP contribution in [0.3, 0.4) is 0 Å². The van der Waals surface area contributed by atoms with Crippen molar-refractivity contribution in [1.29, 1.82) is 0 Å². The molecule has 0 N–H and O–H groups in total. The zero-order valence-electron chi connectivity index (χ0n) is 12.2. The van der Waals surface area contributed by atoms with Gasteiger partial charge in [0.2, 0.25) is 0 Å². The summed E-state index contributed by atoms with van der Waals surface area (Å²) in [6.07, 6.45) is 4.69. The third-order valence-corrected chi connectivity index (χ3v) is 3.33. The molecule has 0 bridgehead atoms. The van der Waals surface area contributed by atoms with Gasteiger partial charge in [-0.15, -0.1) is 11.6 Å². The van der Waals surface area contributed by atoms with Gasteiger partial charge in [-0.25, -0.2) is 9.97 Å². The Kier molecular flexibility index (Phi) is 5.80. The van der Waals surface area contributed by atoms with Gasteiger partial charge in [-0.05, 0) is 31.4 Å². The van der Waals surface area contributed by atoms with Crippen LogP contribution in [-0.4, -0.2) is 33.6 Å². The standard InChI is InChI=1S/C15H22ClN3O/c1-3-8-20-9-4-7-19-14(5-6-16)18-13-10-12(2)11-17-15(13)19/h10-11H,3-9H2,1-2H3. The maximum Gasteiger partial charge on any atom is 0.160 e. The molecule has 5 heteroatoms. The summed E-state index contributed by atoms with van der Waals surface area (Å²) in [5.74, 6) is 1.60. The summed E-state index contributed by atoms with van der Waals surface area (Å²) in [5, 5.41) is 0. The average Bonchev–Trinajstić information content (AvgIpc) is 2.76. The van der Waals surface area contributed by atoms with Gasteiger partial charge in [0.1, 0.15) is 11.3 Å². The number of alkyl halides is 1. The molecule has 0 unspecified atom stereocenters. The lowest BCUT2D eigenvalue weighted by Gasteiger charge is -2.08. The van der Waals surface area contributed by atoms with Crippen molar-refractivity contribution in [2.45, 2.75) is 39.7 Å². The molecule has 20 heavy (non-hydrogen) atoms. The van der Waals surface area contributed by atoms with Crippen LogP contribution in [0.2, 0.25) is 0 Å². The van der Waals surface area contributed by atoms with E-state index in [1.165, 1.54) is 0 Å². The van der Waals surface area contributed by atoms with Crippen molar-refractivity contribution < 1.29 is 4.74 Å². The zero-order chi connectivity index (χ0) is 14.4. The molecule has 0 fully saturated rings. The van der Waals surface area contributed by atoms with Crippen molar-refractivity contribution in [1.82, 2.24) is 14.5 Å². The molecular formula is C15H22ClN3O. The summed E-state index contributed by atoms with van der Waals surface area (Å²) >= 11 is 5.87. The highest BCUT2D eigenvalue weighted by molar-refractivity contribution is 6.17. The molecule has 0 atom stereocenters. The lowest BCUT2D eigenvalue weighted by atomic mass is 10.3. The highest BCUT2D eigenvalue weighted by Crippen LogP contribution is 2.16. The largest absolute Gasteiger partial charge is 0.381 e. The summed E-state index contributed by atoms with van der Waals surface area (Å²) in [5.41, 5.74) is 3.04. The Morgan fingerprint density at radius 3 is 2.95 bits per heavy atom. The smallest absolute Gasteiger partial charge is 0.160 e. The van der Waals surface area contributed by atoms with Gasteiger partial charge in [-0.3, -0.25) is 0 Å². The second-order valence-electron chi connectivity index (χ2n) is 4.94.